The van der Waals surface area contributed by atoms with E-state index in [1.807, 2.05) is 0 Å². The number of carbonyl (C=O) groups excluding carboxylic acids is 1. The zero-order chi connectivity index (χ0) is 12.4. The largest absolute Gasteiger partial charge is 0.480 e. The summed E-state index contributed by atoms with van der Waals surface area (Å²) in [7, 11) is 0. The normalized spacial score (nSPS) is 17.7. The highest BCUT2D eigenvalue weighted by Crippen LogP contribution is 2.26. The number of carboxylic acid groups (broad SMARTS) is 1. The molecule has 0 fully saturated rings. The number of alkyl halides is 1. The van der Waals surface area contributed by atoms with Gasteiger partial charge < -0.3 is 15.6 Å². The highest BCUT2D eigenvalue weighted by molar-refractivity contribution is 14.1. The molecule has 0 saturated heterocycles. The van der Waals surface area contributed by atoms with Crippen LogP contribution in [0.25, 0.3) is 0 Å². The first-order valence-electron chi connectivity index (χ1n) is 4.39. The Hall–Kier alpha value is -0.370. The lowest BCUT2D eigenvalue weighted by atomic mass is 10.0. The minimum absolute atomic E-state index is 0.620. The number of esters is 1. The van der Waals surface area contributed by atoms with E-state index in [-0.39, 0.29) is 0 Å². The molecule has 1 unspecified atom stereocenters. The molecule has 5 nitrogen and oxygen atoms in total. The molecular formula is C9H16INO4. The summed E-state index contributed by atoms with van der Waals surface area (Å²) < 4.78 is 3.82. The van der Waals surface area contributed by atoms with E-state index in [1.165, 1.54) is 6.92 Å². The summed E-state index contributed by atoms with van der Waals surface area (Å²) in [5.74, 6) is -1.84. The SMILES string of the molecule is CC(C)(C)OC(=O)C(C)(I)[C@H](N)C(=O)O. The number of hydrogen-bond acceptors (Lipinski definition) is 4. The molecule has 3 N–H and O–H groups in total. The Morgan fingerprint density at radius 1 is 1.33 bits per heavy atom. The van der Waals surface area contributed by atoms with Crippen LogP contribution in [0.5, 0.6) is 0 Å². The molecule has 2 atom stereocenters. The van der Waals surface area contributed by atoms with Gasteiger partial charge in [0.2, 0.25) is 0 Å². The van der Waals surface area contributed by atoms with Gasteiger partial charge in [0.1, 0.15) is 15.1 Å². The fraction of sp³-hybridized carbons (Fsp3) is 0.778. The van der Waals surface area contributed by atoms with Crippen molar-refractivity contribution >= 4 is 34.5 Å². The second kappa shape index (κ2) is 4.65. The molecule has 0 heterocycles. The van der Waals surface area contributed by atoms with Gasteiger partial charge in [-0.15, -0.1) is 0 Å². The van der Waals surface area contributed by atoms with Gasteiger partial charge in [0, 0.05) is 0 Å². The summed E-state index contributed by atoms with van der Waals surface area (Å²) in [6.45, 7) is 6.58. The quantitative estimate of drug-likeness (QED) is 0.457. The van der Waals surface area contributed by atoms with Gasteiger partial charge in [-0.1, -0.05) is 22.6 Å². The molecule has 6 heteroatoms. The fourth-order valence-corrected chi connectivity index (χ4v) is 1.11. The van der Waals surface area contributed by atoms with Crippen molar-refractivity contribution in [3.63, 3.8) is 0 Å². The minimum Gasteiger partial charge on any atom is -0.480 e. The molecule has 0 rings (SSSR count). The van der Waals surface area contributed by atoms with Crippen LogP contribution in [0.15, 0.2) is 0 Å². The van der Waals surface area contributed by atoms with Crippen molar-refractivity contribution in [1.29, 1.82) is 0 Å². The summed E-state index contributed by atoms with van der Waals surface area (Å²) in [6, 6.07) is -1.28. The van der Waals surface area contributed by atoms with Gasteiger partial charge in [0.15, 0.2) is 0 Å². The number of carboxylic acids is 1. The molecule has 0 bridgehead atoms. The van der Waals surface area contributed by atoms with Crippen LogP contribution in [0.2, 0.25) is 0 Å². The number of hydrogen-bond donors (Lipinski definition) is 2. The third-order valence-electron chi connectivity index (χ3n) is 1.65. The van der Waals surface area contributed by atoms with E-state index in [9.17, 15) is 9.59 Å². The Labute approximate surface area is 102 Å². The number of halogens is 1. The molecule has 0 aromatic heterocycles. The first-order chi connectivity index (χ1) is 6.48. The van der Waals surface area contributed by atoms with Crippen molar-refractivity contribution in [3.8, 4) is 0 Å². The molecule has 0 aliphatic rings. The van der Waals surface area contributed by atoms with Crippen molar-refractivity contribution in [3.05, 3.63) is 0 Å². The monoisotopic (exact) mass is 329 g/mol. The first kappa shape index (κ1) is 14.6. The molecule has 0 aliphatic carbocycles. The lowest BCUT2D eigenvalue weighted by molar-refractivity contribution is -0.160. The van der Waals surface area contributed by atoms with Crippen molar-refractivity contribution in [2.75, 3.05) is 0 Å². The van der Waals surface area contributed by atoms with E-state index in [2.05, 4.69) is 0 Å². The van der Waals surface area contributed by atoms with Gasteiger partial charge in [0.05, 0.1) is 0 Å². The smallest absolute Gasteiger partial charge is 0.324 e. The Kier molecular flexibility index (Phi) is 4.53. The molecule has 0 spiro atoms. The zero-order valence-corrected chi connectivity index (χ0v) is 11.4. The fourth-order valence-electron chi connectivity index (χ4n) is 0.737. The van der Waals surface area contributed by atoms with Crippen LogP contribution in [-0.2, 0) is 14.3 Å². The van der Waals surface area contributed by atoms with Crippen LogP contribution in [0.4, 0.5) is 0 Å². The predicted molar refractivity (Wildman–Crippen MR) is 63.9 cm³/mol. The summed E-state index contributed by atoms with van der Waals surface area (Å²) in [5.41, 5.74) is 4.76. The molecule has 15 heavy (non-hydrogen) atoms. The van der Waals surface area contributed by atoms with Gasteiger partial charge in [-0.05, 0) is 27.7 Å². The van der Waals surface area contributed by atoms with Crippen molar-refractivity contribution < 1.29 is 19.4 Å². The van der Waals surface area contributed by atoms with E-state index in [0.29, 0.717) is 0 Å². The Bertz CT molecular complexity index is 270. The topological polar surface area (TPSA) is 89.6 Å². The van der Waals surface area contributed by atoms with Gasteiger partial charge >= 0.3 is 11.9 Å². The Morgan fingerprint density at radius 2 is 1.73 bits per heavy atom. The Morgan fingerprint density at radius 3 is 2.00 bits per heavy atom. The van der Waals surface area contributed by atoms with E-state index < -0.39 is 27.0 Å². The van der Waals surface area contributed by atoms with Crippen LogP contribution in [0.1, 0.15) is 27.7 Å². The van der Waals surface area contributed by atoms with E-state index in [1.54, 1.807) is 43.4 Å². The van der Waals surface area contributed by atoms with Crippen molar-refractivity contribution in [1.82, 2.24) is 0 Å². The second-order valence-electron chi connectivity index (χ2n) is 4.39. The van der Waals surface area contributed by atoms with Crippen LogP contribution < -0.4 is 5.73 Å². The average molecular weight is 329 g/mol. The van der Waals surface area contributed by atoms with Gasteiger partial charge in [-0.3, -0.25) is 9.59 Å². The van der Waals surface area contributed by atoms with Gasteiger partial charge in [-0.2, -0.15) is 0 Å². The van der Waals surface area contributed by atoms with Crippen LogP contribution in [-0.4, -0.2) is 32.1 Å². The van der Waals surface area contributed by atoms with E-state index >= 15 is 0 Å². The number of carbonyl (C=O) groups is 2. The first-order valence-corrected chi connectivity index (χ1v) is 5.47. The van der Waals surface area contributed by atoms with Gasteiger partial charge in [0.25, 0.3) is 0 Å². The second-order valence-corrected chi connectivity index (χ2v) is 6.63. The maximum atomic E-state index is 11.7. The maximum absolute atomic E-state index is 11.7. The molecule has 88 valence electrons. The lowest BCUT2D eigenvalue weighted by Crippen LogP contribution is -2.53. The highest BCUT2D eigenvalue weighted by atomic mass is 127. The number of nitrogens with two attached hydrogens (primary N) is 1. The molecule has 0 aromatic rings. The molecule has 0 saturated carbocycles. The average Bonchev–Trinajstić information content (AvgIpc) is 1.99. The molecule has 0 amide bonds. The predicted octanol–water partition coefficient (Wildman–Crippen LogP) is 0.934. The number of aliphatic carboxylic acids is 1. The third-order valence-corrected chi connectivity index (χ3v) is 2.76. The van der Waals surface area contributed by atoms with E-state index in [4.69, 9.17) is 15.6 Å². The summed E-state index contributed by atoms with van der Waals surface area (Å²) in [6.07, 6.45) is 0. The summed E-state index contributed by atoms with van der Waals surface area (Å²) in [5, 5.41) is 8.73. The zero-order valence-electron chi connectivity index (χ0n) is 9.20. The standard InChI is InChI=1S/C9H16INO4/c1-8(2,3)15-7(14)9(4,10)5(11)6(12)13/h5H,11H2,1-4H3,(H,12,13)/t5-,9?/m1/s1. The van der Waals surface area contributed by atoms with Gasteiger partial charge in [-0.25, -0.2) is 0 Å². The maximum Gasteiger partial charge on any atom is 0.324 e. The number of ether oxygens (including phenoxy) is 1. The Balaban J connectivity index is 4.74. The summed E-state index contributed by atoms with van der Waals surface area (Å²) in [4.78, 5) is 22.3. The summed E-state index contributed by atoms with van der Waals surface area (Å²) >= 11 is 1.70. The number of rotatable bonds is 3. The van der Waals surface area contributed by atoms with Crippen LogP contribution in [0.3, 0.4) is 0 Å². The molecular weight excluding hydrogens is 313 g/mol. The molecule has 0 aliphatic heterocycles. The third kappa shape index (κ3) is 4.33. The van der Waals surface area contributed by atoms with Crippen LogP contribution in [0, 0.1) is 0 Å². The lowest BCUT2D eigenvalue weighted by Gasteiger charge is -2.29. The van der Waals surface area contributed by atoms with Crippen molar-refractivity contribution in [2.24, 2.45) is 5.73 Å². The molecule has 0 radical (unpaired) electrons. The van der Waals surface area contributed by atoms with E-state index in [0.717, 1.165) is 0 Å². The molecule has 0 aromatic carbocycles. The van der Waals surface area contributed by atoms with Crippen molar-refractivity contribution in [2.45, 2.75) is 42.8 Å². The highest BCUT2D eigenvalue weighted by Gasteiger charge is 2.43. The minimum atomic E-state index is -1.28. The van der Waals surface area contributed by atoms with Crippen LogP contribution >= 0.6 is 22.6 Å².